The zero-order valence-electron chi connectivity index (χ0n) is 11.3. The number of carbonyl (C=O) groups excluding carboxylic acids is 1. The van der Waals surface area contributed by atoms with E-state index < -0.39 is 11.9 Å². The van der Waals surface area contributed by atoms with Crippen LogP contribution in [0.2, 0.25) is 0 Å². The number of ether oxygens (including phenoxy) is 1. The Morgan fingerprint density at radius 3 is 2.86 bits per heavy atom. The van der Waals surface area contributed by atoms with Crippen LogP contribution in [0.3, 0.4) is 0 Å². The lowest BCUT2D eigenvalue weighted by molar-refractivity contribution is -0.123. The van der Waals surface area contributed by atoms with E-state index >= 15 is 0 Å². The van der Waals surface area contributed by atoms with Crippen molar-refractivity contribution in [1.29, 1.82) is 0 Å². The number of hydrogen-bond acceptors (Lipinski definition) is 4. The fourth-order valence-electron chi connectivity index (χ4n) is 1.73. The molecule has 21 heavy (non-hydrogen) atoms. The Hall–Kier alpha value is -1.92. The van der Waals surface area contributed by atoms with Gasteiger partial charge >= 0.3 is 0 Å². The molecule has 0 fully saturated rings. The average Bonchev–Trinajstić information content (AvgIpc) is 3.00. The molecule has 1 amide bonds. The summed E-state index contributed by atoms with van der Waals surface area (Å²) in [4.78, 5) is 12.4. The van der Waals surface area contributed by atoms with E-state index in [4.69, 9.17) is 4.74 Å². The molecule has 1 aromatic heterocycles. The summed E-state index contributed by atoms with van der Waals surface area (Å²) < 4.78 is 18.3. The molecular formula is C15H16FNO3S. The van der Waals surface area contributed by atoms with E-state index in [2.05, 4.69) is 5.32 Å². The molecule has 0 aliphatic heterocycles. The third-order valence-electron chi connectivity index (χ3n) is 2.81. The van der Waals surface area contributed by atoms with Gasteiger partial charge in [0.05, 0.1) is 6.10 Å². The Bertz CT molecular complexity index is 574. The third-order valence-corrected chi connectivity index (χ3v) is 3.78. The lowest BCUT2D eigenvalue weighted by atomic mass is 10.2. The standard InChI is InChI=1S/C15H16FNO3S/c16-11-4-1-2-5-13(11)20-10-15(19)17-8-7-12(18)14-6-3-9-21-14/h1-6,9,12,18H,7-8,10H2,(H,17,19). The second-order valence-corrected chi connectivity index (χ2v) is 5.37. The molecular weight excluding hydrogens is 293 g/mol. The fourth-order valence-corrected chi connectivity index (χ4v) is 2.47. The summed E-state index contributed by atoms with van der Waals surface area (Å²) in [7, 11) is 0. The van der Waals surface area contributed by atoms with Gasteiger partial charge in [-0.05, 0) is 30.0 Å². The molecule has 0 aliphatic rings. The van der Waals surface area contributed by atoms with Crippen LogP contribution in [0.5, 0.6) is 5.75 Å². The minimum atomic E-state index is -0.585. The molecule has 112 valence electrons. The molecule has 1 aromatic carbocycles. The highest BCUT2D eigenvalue weighted by Gasteiger charge is 2.10. The molecule has 0 bridgehead atoms. The summed E-state index contributed by atoms with van der Waals surface area (Å²) in [6.45, 7) is 0.0779. The highest BCUT2D eigenvalue weighted by Crippen LogP contribution is 2.20. The second kappa shape index (κ2) is 7.75. The van der Waals surface area contributed by atoms with Gasteiger partial charge in [-0.1, -0.05) is 18.2 Å². The van der Waals surface area contributed by atoms with Crippen molar-refractivity contribution in [3.05, 3.63) is 52.5 Å². The van der Waals surface area contributed by atoms with E-state index in [1.807, 2.05) is 17.5 Å². The van der Waals surface area contributed by atoms with Crippen LogP contribution in [0.15, 0.2) is 41.8 Å². The number of benzene rings is 1. The van der Waals surface area contributed by atoms with Crippen LogP contribution >= 0.6 is 11.3 Å². The number of nitrogens with one attached hydrogen (secondary N) is 1. The number of thiophene rings is 1. The Kier molecular flexibility index (Phi) is 5.71. The van der Waals surface area contributed by atoms with Crippen molar-refractivity contribution in [1.82, 2.24) is 5.32 Å². The van der Waals surface area contributed by atoms with Gasteiger partial charge in [-0.2, -0.15) is 0 Å². The van der Waals surface area contributed by atoms with Crippen LogP contribution in [0.4, 0.5) is 4.39 Å². The molecule has 4 nitrogen and oxygen atoms in total. The van der Waals surface area contributed by atoms with Crippen molar-refractivity contribution in [3.63, 3.8) is 0 Å². The van der Waals surface area contributed by atoms with Gasteiger partial charge in [0.25, 0.3) is 5.91 Å². The third kappa shape index (κ3) is 4.84. The van der Waals surface area contributed by atoms with Gasteiger partial charge in [-0.3, -0.25) is 4.79 Å². The molecule has 2 N–H and O–H groups in total. The van der Waals surface area contributed by atoms with E-state index in [-0.39, 0.29) is 18.3 Å². The second-order valence-electron chi connectivity index (χ2n) is 4.39. The largest absolute Gasteiger partial charge is 0.481 e. The van der Waals surface area contributed by atoms with Crippen molar-refractivity contribution < 1.29 is 19.0 Å². The van der Waals surface area contributed by atoms with E-state index in [0.29, 0.717) is 13.0 Å². The summed E-state index contributed by atoms with van der Waals surface area (Å²) in [5.41, 5.74) is 0. The van der Waals surface area contributed by atoms with Gasteiger partial charge < -0.3 is 15.2 Å². The number of carbonyl (C=O) groups is 1. The number of aliphatic hydroxyl groups is 1. The maximum Gasteiger partial charge on any atom is 0.257 e. The first-order valence-corrected chi connectivity index (χ1v) is 7.40. The molecule has 6 heteroatoms. The Morgan fingerprint density at radius 1 is 1.33 bits per heavy atom. The zero-order chi connectivity index (χ0) is 15.1. The molecule has 2 aromatic rings. The van der Waals surface area contributed by atoms with Gasteiger partial charge in [0.1, 0.15) is 0 Å². The topological polar surface area (TPSA) is 58.6 Å². The minimum absolute atomic E-state index is 0.0475. The average molecular weight is 309 g/mol. The summed E-state index contributed by atoms with van der Waals surface area (Å²) in [6.07, 6.45) is -0.163. The fraction of sp³-hybridized carbons (Fsp3) is 0.267. The summed E-state index contributed by atoms with van der Waals surface area (Å²) in [5, 5.41) is 14.4. The van der Waals surface area contributed by atoms with Crippen LogP contribution < -0.4 is 10.1 Å². The van der Waals surface area contributed by atoms with Crippen LogP contribution in [0.25, 0.3) is 0 Å². The van der Waals surface area contributed by atoms with Crippen LogP contribution in [-0.2, 0) is 4.79 Å². The minimum Gasteiger partial charge on any atom is -0.481 e. The van der Waals surface area contributed by atoms with E-state index in [9.17, 15) is 14.3 Å². The highest BCUT2D eigenvalue weighted by molar-refractivity contribution is 7.10. The van der Waals surface area contributed by atoms with Crippen LogP contribution in [0, 0.1) is 5.82 Å². The van der Waals surface area contributed by atoms with E-state index in [1.165, 1.54) is 23.5 Å². The monoisotopic (exact) mass is 309 g/mol. The van der Waals surface area contributed by atoms with Crippen molar-refractivity contribution in [2.75, 3.05) is 13.2 Å². The first-order valence-electron chi connectivity index (χ1n) is 6.52. The maximum atomic E-state index is 13.3. The zero-order valence-corrected chi connectivity index (χ0v) is 12.1. The van der Waals surface area contributed by atoms with Crippen molar-refractivity contribution in [2.24, 2.45) is 0 Å². The first-order chi connectivity index (χ1) is 10.2. The number of amides is 1. The predicted molar refractivity (Wildman–Crippen MR) is 78.8 cm³/mol. The van der Waals surface area contributed by atoms with Crippen molar-refractivity contribution in [3.8, 4) is 5.75 Å². The molecule has 0 radical (unpaired) electrons. The first kappa shape index (κ1) is 15.5. The summed E-state index contributed by atoms with van der Waals surface area (Å²) >= 11 is 1.47. The van der Waals surface area contributed by atoms with Gasteiger partial charge in [-0.25, -0.2) is 4.39 Å². The van der Waals surface area contributed by atoms with Crippen LogP contribution in [-0.4, -0.2) is 24.2 Å². The maximum absolute atomic E-state index is 13.3. The number of aliphatic hydroxyl groups excluding tert-OH is 1. The lowest BCUT2D eigenvalue weighted by Gasteiger charge is -2.10. The summed E-state index contributed by atoms with van der Waals surface area (Å²) in [6, 6.07) is 9.62. The molecule has 1 unspecified atom stereocenters. The quantitative estimate of drug-likeness (QED) is 0.826. The molecule has 0 aliphatic carbocycles. The highest BCUT2D eigenvalue weighted by atomic mass is 32.1. The van der Waals surface area contributed by atoms with E-state index in [1.54, 1.807) is 12.1 Å². The molecule has 0 saturated carbocycles. The Labute approximate surface area is 126 Å². The number of rotatable bonds is 7. The van der Waals surface area contributed by atoms with Crippen molar-refractivity contribution in [2.45, 2.75) is 12.5 Å². The molecule has 0 spiro atoms. The van der Waals surface area contributed by atoms with Gasteiger partial charge in [0.15, 0.2) is 18.2 Å². The number of para-hydroxylation sites is 1. The Morgan fingerprint density at radius 2 is 2.14 bits per heavy atom. The predicted octanol–water partition coefficient (Wildman–Crippen LogP) is 2.51. The molecule has 1 atom stereocenters. The normalized spacial score (nSPS) is 11.9. The molecule has 1 heterocycles. The number of hydrogen-bond donors (Lipinski definition) is 2. The van der Waals surface area contributed by atoms with Crippen LogP contribution in [0.1, 0.15) is 17.4 Å². The smallest absolute Gasteiger partial charge is 0.257 e. The van der Waals surface area contributed by atoms with Crippen molar-refractivity contribution >= 4 is 17.2 Å². The Balaban J connectivity index is 1.67. The van der Waals surface area contributed by atoms with Gasteiger partial charge in [-0.15, -0.1) is 11.3 Å². The molecule has 2 rings (SSSR count). The SMILES string of the molecule is O=C(COc1ccccc1F)NCCC(O)c1cccs1. The van der Waals surface area contributed by atoms with E-state index in [0.717, 1.165) is 4.88 Å². The summed E-state index contributed by atoms with van der Waals surface area (Å²) in [5.74, 6) is -0.804. The molecule has 0 saturated heterocycles. The number of halogens is 1. The van der Waals surface area contributed by atoms with Gasteiger partial charge in [0, 0.05) is 11.4 Å². The van der Waals surface area contributed by atoms with Gasteiger partial charge in [0.2, 0.25) is 0 Å². The lowest BCUT2D eigenvalue weighted by Crippen LogP contribution is -2.30.